The van der Waals surface area contributed by atoms with Crippen LogP contribution in [0.5, 0.6) is 11.6 Å². The van der Waals surface area contributed by atoms with Crippen LogP contribution in [0.3, 0.4) is 0 Å². The molecule has 1 aromatic carbocycles. The van der Waals surface area contributed by atoms with Crippen LogP contribution >= 0.6 is 0 Å². The van der Waals surface area contributed by atoms with Crippen molar-refractivity contribution in [3.63, 3.8) is 0 Å². The lowest BCUT2D eigenvalue weighted by Crippen LogP contribution is -2.72. The molecule has 32 heavy (non-hydrogen) atoms. The second kappa shape index (κ2) is 7.27. The lowest BCUT2D eigenvalue weighted by atomic mass is 9.60. The zero-order valence-corrected chi connectivity index (χ0v) is 18.8. The van der Waals surface area contributed by atoms with Crippen LogP contribution in [0.2, 0.25) is 0 Å². The molecule has 0 amide bonds. The average Bonchev–Trinajstić information content (AvgIpc) is 3.20. The zero-order chi connectivity index (χ0) is 22.7. The Bertz CT molecular complexity index is 1150. The smallest absolute Gasteiger partial charge is 0.233 e. The molecule has 4 heterocycles. The first kappa shape index (κ1) is 20.9. The van der Waals surface area contributed by atoms with E-state index in [1.807, 2.05) is 37.7 Å². The Balaban J connectivity index is 1.36. The average molecular weight is 438 g/mol. The Hall–Kier alpha value is -3.00. The number of fused-ring (bicyclic) bond motifs is 3. The highest BCUT2D eigenvalue weighted by atomic mass is 19.1. The maximum Gasteiger partial charge on any atom is 0.233 e. The first-order valence-corrected chi connectivity index (χ1v) is 10.9. The van der Waals surface area contributed by atoms with E-state index in [1.54, 1.807) is 30.6 Å². The van der Waals surface area contributed by atoms with E-state index in [2.05, 4.69) is 27.0 Å². The number of halogens is 1. The summed E-state index contributed by atoms with van der Waals surface area (Å²) >= 11 is 0. The quantitative estimate of drug-likeness (QED) is 0.667. The summed E-state index contributed by atoms with van der Waals surface area (Å²) < 4.78 is 23.3. The van der Waals surface area contributed by atoms with Crippen LogP contribution in [0.15, 0.2) is 42.9 Å². The van der Waals surface area contributed by atoms with Crippen molar-refractivity contribution in [3.8, 4) is 28.6 Å². The molecule has 3 unspecified atom stereocenters. The minimum absolute atomic E-state index is 0.0914. The first-order chi connectivity index (χ1) is 15.2. The lowest BCUT2D eigenvalue weighted by molar-refractivity contribution is -0.177. The van der Waals surface area contributed by atoms with Crippen LogP contribution in [-0.2, 0) is 0 Å². The third kappa shape index (κ3) is 3.24. The van der Waals surface area contributed by atoms with Crippen LogP contribution in [0.25, 0.3) is 16.9 Å². The minimum atomic E-state index is -1.11. The molecule has 2 aliphatic heterocycles. The molecule has 6 rings (SSSR count). The molecule has 2 saturated heterocycles. The number of imidazole rings is 1. The van der Waals surface area contributed by atoms with E-state index < -0.39 is 17.8 Å². The van der Waals surface area contributed by atoms with Gasteiger partial charge >= 0.3 is 0 Å². The minimum Gasteiger partial charge on any atom is -0.507 e. The molecule has 168 valence electrons. The third-order valence-electron chi connectivity index (χ3n) is 7.37. The van der Waals surface area contributed by atoms with Gasteiger partial charge < -0.3 is 14.4 Å². The molecule has 3 aromatic rings. The van der Waals surface area contributed by atoms with Crippen LogP contribution in [0.4, 0.5) is 4.39 Å². The number of benzene rings is 1. The van der Waals surface area contributed by atoms with Crippen molar-refractivity contribution in [2.45, 2.75) is 51.4 Å². The molecule has 3 fully saturated rings. The maximum atomic E-state index is 15.4. The molecule has 4 atom stereocenters. The van der Waals surface area contributed by atoms with Gasteiger partial charge in [-0.1, -0.05) is 6.92 Å². The molecule has 8 heteroatoms. The standard InChI is InChI=1S/C24H28FN5O2/c1-15-12-30(14-26-15)16-5-6-17(19(31)11-16)18-7-8-20(28-27-18)32-22-21(25)24(3)10-9-23(22,2)13-29(24)4/h5-8,11-12,14,21-22,31H,9-10,13H2,1-4H3/t21?,22?,23?,24-/m0/s1. The number of phenols is 1. The number of hydrogen-bond donors (Lipinski definition) is 1. The number of hydrogen-bond acceptors (Lipinski definition) is 6. The summed E-state index contributed by atoms with van der Waals surface area (Å²) in [5, 5.41) is 19.0. The predicted molar refractivity (Wildman–Crippen MR) is 119 cm³/mol. The van der Waals surface area contributed by atoms with Crippen LogP contribution in [0, 0.1) is 12.3 Å². The van der Waals surface area contributed by atoms with E-state index in [9.17, 15) is 5.11 Å². The highest BCUT2D eigenvalue weighted by Crippen LogP contribution is 2.51. The molecule has 2 aromatic heterocycles. The van der Waals surface area contributed by atoms with Gasteiger partial charge in [0.2, 0.25) is 5.88 Å². The topological polar surface area (TPSA) is 76.3 Å². The number of rotatable bonds is 4. The Labute approximate surface area is 186 Å². The fourth-order valence-electron chi connectivity index (χ4n) is 5.11. The summed E-state index contributed by atoms with van der Waals surface area (Å²) in [5.41, 5.74) is 1.98. The van der Waals surface area contributed by atoms with Crippen LogP contribution in [-0.4, -0.2) is 61.2 Å². The Kier molecular flexibility index (Phi) is 4.74. The van der Waals surface area contributed by atoms with Gasteiger partial charge in [0.25, 0.3) is 0 Å². The largest absolute Gasteiger partial charge is 0.507 e. The number of aryl methyl sites for hydroxylation is 1. The molecule has 2 bridgehead atoms. The number of alkyl halides is 1. The van der Waals surface area contributed by atoms with E-state index in [-0.39, 0.29) is 11.2 Å². The zero-order valence-electron chi connectivity index (χ0n) is 18.8. The lowest BCUT2D eigenvalue weighted by Gasteiger charge is -2.61. The predicted octanol–water partition coefficient (Wildman–Crippen LogP) is 3.93. The Morgan fingerprint density at radius 1 is 1.16 bits per heavy atom. The number of phenolic OH excluding ortho intramolecular Hbond substituents is 1. The second-order valence-corrected chi connectivity index (χ2v) is 9.69. The van der Waals surface area contributed by atoms with Crippen LogP contribution < -0.4 is 4.74 Å². The van der Waals surface area contributed by atoms with Crippen molar-refractivity contribution in [2.75, 3.05) is 13.6 Å². The molecule has 1 aliphatic carbocycles. The van der Waals surface area contributed by atoms with Gasteiger partial charge in [-0.25, -0.2) is 9.37 Å². The van der Waals surface area contributed by atoms with E-state index in [0.717, 1.165) is 30.8 Å². The number of nitrogens with zero attached hydrogens (tertiary/aromatic N) is 5. The fourth-order valence-corrected chi connectivity index (χ4v) is 5.11. The molecule has 7 nitrogen and oxygen atoms in total. The second-order valence-electron chi connectivity index (χ2n) is 9.69. The van der Waals surface area contributed by atoms with Gasteiger partial charge in [-0.05, 0) is 51.9 Å². The van der Waals surface area contributed by atoms with Gasteiger partial charge in [0.05, 0.1) is 28.9 Å². The van der Waals surface area contributed by atoms with Gasteiger partial charge in [-0.3, -0.25) is 4.90 Å². The highest BCUT2D eigenvalue weighted by molar-refractivity contribution is 5.68. The molecular weight excluding hydrogens is 409 g/mol. The Morgan fingerprint density at radius 2 is 1.97 bits per heavy atom. The first-order valence-electron chi connectivity index (χ1n) is 10.9. The summed E-state index contributed by atoms with van der Waals surface area (Å²) in [6, 6.07) is 8.77. The van der Waals surface area contributed by atoms with Crippen molar-refractivity contribution in [1.29, 1.82) is 0 Å². The van der Waals surface area contributed by atoms with Crippen molar-refractivity contribution >= 4 is 0 Å². The van der Waals surface area contributed by atoms with Crippen molar-refractivity contribution in [1.82, 2.24) is 24.6 Å². The summed E-state index contributed by atoms with van der Waals surface area (Å²) in [4.78, 5) is 6.33. The molecule has 3 aliphatic rings. The van der Waals surface area contributed by atoms with E-state index in [4.69, 9.17) is 4.74 Å². The van der Waals surface area contributed by atoms with E-state index in [0.29, 0.717) is 17.1 Å². The third-order valence-corrected chi connectivity index (χ3v) is 7.37. The molecular formula is C24H28FN5O2. The van der Waals surface area contributed by atoms with E-state index >= 15 is 4.39 Å². The van der Waals surface area contributed by atoms with Gasteiger partial charge in [0.15, 0.2) is 6.17 Å². The molecule has 0 radical (unpaired) electrons. The maximum absolute atomic E-state index is 15.4. The van der Waals surface area contributed by atoms with Crippen molar-refractivity contribution in [3.05, 3.63) is 48.5 Å². The van der Waals surface area contributed by atoms with Crippen molar-refractivity contribution in [2.24, 2.45) is 5.41 Å². The number of aromatic nitrogens is 4. The summed E-state index contributed by atoms with van der Waals surface area (Å²) in [6.45, 7) is 6.75. The number of ether oxygens (including phenoxy) is 1. The van der Waals surface area contributed by atoms with Gasteiger partial charge in [0.1, 0.15) is 11.9 Å². The monoisotopic (exact) mass is 437 g/mol. The van der Waals surface area contributed by atoms with Crippen LogP contribution in [0.1, 0.15) is 32.4 Å². The molecule has 1 saturated carbocycles. The van der Waals surface area contributed by atoms with E-state index in [1.165, 1.54) is 0 Å². The highest BCUT2D eigenvalue weighted by Gasteiger charge is 2.61. The van der Waals surface area contributed by atoms with Gasteiger partial charge in [0, 0.05) is 35.9 Å². The summed E-state index contributed by atoms with van der Waals surface area (Å²) in [6.07, 6.45) is 3.65. The van der Waals surface area contributed by atoms with Crippen molar-refractivity contribution < 1.29 is 14.2 Å². The molecule has 1 N–H and O–H groups in total. The normalized spacial score (nSPS) is 29.9. The van der Waals surface area contributed by atoms with Gasteiger partial charge in [-0.2, -0.15) is 0 Å². The number of piperidine rings is 2. The number of aromatic hydroxyl groups is 1. The summed E-state index contributed by atoms with van der Waals surface area (Å²) in [5.74, 6) is 0.389. The fraction of sp³-hybridized carbons (Fsp3) is 0.458. The summed E-state index contributed by atoms with van der Waals surface area (Å²) in [7, 11) is 1.99. The SMILES string of the molecule is Cc1cn(-c2ccc(-c3ccc(OC4C(F)[C@]5(C)CCC4(C)CN5C)nn3)c(O)c2)cn1. The molecule has 0 spiro atoms. The van der Waals surface area contributed by atoms with Gasteiger partial charge in [-0.15, -0.1) is 10.2 Å². The Morgan fingerprint density at radius 3 is 2.59 bits per heavy atom.